The highest BCUT2D eigenvalue weighted by molar-refractivity contribution is 7.13. The van der Waals surface area contributed by atoms with Crippen LogP contribution >= 0.6 is 11.3 Å². The van der Waals surface area contributed by atoms with Crippen molar-refractivity contribution in [2.24, 2.45) is 0 Å². The number of hydrogen-bond donors (Lipinski definition) is 1. The van der Waals surface area contributed by atoms with E-state index in [1.165, 1.54) is 11.3 Å². The number of nitrogens with zero attached hydrogens (tertiary/aromatic N) is 2. The Balaban J connectivity index is 1.28. The molecule has 0 saturated heterocycles. The van der Waals surface area contributed by atoms with Crippen LogP contribution in [-0.4, -0.2) is 16.1 Å². The highest BCUT2D eigenvalue weighted by atomic mass is 32.1. The van der Waals surface area contributed by atoms with Gasteiger partial charge in [0.05, 0.1) is 4.88 Å². The van der Waals surface area contributed by atoms with Crippen LogP contribution < -0.4 is 10.1 Å². The lowest BCUT2D eigenvalue weighted by Gasteiger charge is -2.07. The Labute approximate surface area is 165 Å². The Morgan fingerprint density at radius 2 is 1.75 bits per heavy atom. The van der Waals surface area contributed by atoms with Crippen LogP contribution in [0, 0.1) is 0 Å². The molecule has 0 atom stereocenters. The second-order valence-electron chi connectivity index (χ2n) is 5.97. The number of para-hydroxylation sites is 1. The highest BCUT2D eigenvalue weighted by Gasteiger charge is 2.11. The molecular formula is C21H17N3O3S. The van der Waals surface area contributed by atoms with Gasteiger partial charge in [-0.2, -0.15) is 0 Å². The number of thiophene rings is 1. The van der Waals surface area contributed by atoms with E-state index in [9.17, 15) is 4.79 Å². The zero-order chi connectivity index (χ0) is 19.2. The third kappa shape index (κ3) is 4.63. The van der Waals surface area contributed by atoms with Gasteiger partial charge in [-0.3, -0.25) is 4.79 Å². The van der Waals surface area contributed by atoms with Crippen molar-refractivity contribution in [2.45, 2.75) is 12.8 Å². The number of anilines is 1. The third-order valence-corrected chi connectivity index (χ3v) is 4.74. The second kappa shape index (κ2) is 8.49. The van der Waals surface area contributed by atoms with Gasteiger partial charge < -0.3 is 14.5 Å². The lowest BCUT2D eigenvalue weighted by atomic mass is 10.2. The van der Waals surface area contributed by atoms with Gasteiger partial charge in [-0.15, -0.1) is 21.5 Å². The summed E-state index contributed by atoms with van der Waals surface area (Å²) in [4.78, 5) is 13.1. The zero-order valence-corrected chi connectivity index (χ0v) is 15.7. The monoisotopic (exact) mass is 391 g/mol. The molecule has 0 aliphatic heterocycles. The number of carbonyl (C=O) groups is 1. The summed E-state index contributed by atoms with van der Waals surface area (Å²) in [6.45, 7) is 0. The number of rotatable bonds is 7. The fraction of sp³-hybridized carbons (Fsp3) is 0.0952. The van der Waals surface area contributed by atoms with Gasteiger partial charge in [-0.05, 0) is 47.8 Å². The van der Waals surface area contributed by atoms with E-state index in [2.05, 4.69) is 15.5 Å². The fourth-order valence-corrected chi connectivity index (χ4v) is 3.17. The molecule has 2 heterocycles. The standard InChI is InChI=1S/C21H17N3O3S/c25-19(12-13-20-23-24-21(27-20)18-7-4-14-28-18)22-15-8-10-17(11-9-15)26-16-5-2-1-3-6-16/h1-11,14H,12-13H2,(H,22,25). The van der Waals surface area contributed by atoms with Crippen molar-refractivity contribution < 1.29 is 13.9 Å². The van der Waals surface area contributed by atoms with Crippen molar-refractivity contribution in [3.8, 4) is 22.3 Å². The predicted molar refractivity (Wildman–Crippen MR) is 108 cm³/mol. The molecule has 0 aliphatic carbocycles. The van der Waals surface area contributed by atoms with Crippen LogP contribution in [0.5, 0.6) is 11.5 Å². The van der Waals surface area contributed by atoms with E-state index in [1.54, 1.807) is 12.1 Å². The molecule has 0 aliphatic rings. The number of ether oxygens (including phenoxy) is 1. The Morgan fingerprint density at radius 3 is 2.50 bits per heavy atom. The first-order chi connectivity index (χ1) is 13.8. The number of nitrogens with one attached hydrogen (secondary N) is 1. The Hall–Kier alpha value is -3.45. The fourth-order valence-electron chi connectivity index (χ4n) is 2.53. The summed E-state index contributed by atoms with van der Waals surface area (Å²) in [7, 11) is 0. The first-order valence-electron chi connectivity index (χ1n) is 8.75. The van der Waals surface area contributed by atoms with Gasteiger partial charge in [0.15, 0.2) is 0 Å². The molecule has 140 valence electrons. The zero-order valence-electron chi connectivity index (χ0n) is 14.9. The van der Waals surface area contributed by atoms with Crippen molar-refractivity contribution >= 4 is 22.9 Å². The van der Waals surface area contributed by atoms with Gasteiger partial charge in [-0.25, -0.2) is 0 Å². The maximum Gasteiger partial charge on any atom is 0.257 e. The van der Waals surface area contributed by atoms with Crippen molar-refractivity contribution in [1.29, 1.82) is 0 Å². The molecule has 4 aromatic rings. The van der Waals surface area contributed by atoms with Gasteiger partial charge in [0.2, 0.25) is 11.8 Å². The van der Waals surface area contributed by atoms with Crippen molar-refractivity contribution in [2.75, 3.05) is 5.32 Å². The van der Waals surface area contributed by atoms with Gasteiger partial charge in [0.1, 0.15) is 11.5 Å². The van der Waals surface area contributed by atoms with Gasteiger partial charge in [0, 0.05) is 18.5 Å². The van der Waals surface area contributed by atoms with E-state index in [0.29, 0.717) is 29.6 Å². The molecule has 2 aromatic carbocycles. The SMILES string of the molecule is O=C(CCc1nnc(-c2cccs2)o1)Nc1ccc(Oc2ccccc2)cc1. The summed E-state index contributed by atoms with van der Waals surface area (Å²) in [5, 5.41) is 12.8. The third-order valence-electron chi connectivity index (χ3n) is 3.88. The van der Waals surface area contributed by atoms with E-state index in [0.717, 1.165) is 10.6 Å². The summed E-state index contributed by atoms with van der Waals surface area (Å²) in [5.74, 6) is 2.29. The minimum absolute atomic E-state index is 0.118. The van der Waals surface area contributed by atoms with Crippen molar-refractivity contribution in [1.82, 2.24) is 10.2 Å². The minimum atomic E-state index is -0.118. The van der Waals surface area contributed by atoms with Crippen LogP contribution in [0.1, 0.15) is 12.3 Å². The van der Waals surface area contributed by atoms with E-state index in [4.69, 9.17) is 9.15 Å². The first kappa shape index (κ1) is 17.9. The number of amides is 1. The van der Waals surface area contributed by atoms with Crippen LogP contribution in [0.4, 0.5) is 5.69 Å². The number of aryl methyl sites for hydroxylation is 1. The number of benzene rings is 2. The summed E-state index contributed by atoms with van der Waals surface area (Å²) in [5.41, 5.74) is 0.704. The first-order valence-corrected chi connectivity index (χ1v) is 9.63. The van der Waals surface area contributed by atoms with Crippen LogP contribution in [0.25, 0.3) is 10.8 Å². The van der Waals surface area contributed by atoms with Gasteiger partial charge in [0.25, 0.3) is 5.89 Å². The lowest BCUT2D eigenvalue weighted by molar-refractivity contribution is -0.116. The van der Waals surface area contributed by atoms with E-state index in [-0.39, 0.29) is 12.3 Å². The van der Waals surface area contributed by atoms with Crippen LogP contribution in [0.2, 0.25) is 0 Å². The van der Waals surface area contributed by atoms with Crippen molar-refractivity contribution in [3.63, 3.8) is 0 Å². The molecule has 1 N–H and O–H groups in total. The summed E-state index contributed by atoms with van der Waals surface area (Å²) >= 11 is 1.53. The molecule has 7 heteroatoms. The van der Waals surface area contributed by atoms with Crippen LogP contribution in [0.3, 0.4) is 0 Å². The maximum atomic E-state index is 12.2. The normalized spacial score (nSPS) is 10.6. The van der Waals surface area contributed by atoms with Gasteiger partial charge >= 0.3 is 0 Å². The summed E-state index contributed by atoms with van der Waals surface area (Å²) in [6, 6.07) is 20.6. The molecule has 0 radical (unpaired) electrons. The molecule has 0 fully saturated rings. The molecule has 2 aromatic heterocycles. The average Bonchev–Trinajstić information content (AvgIpc) is 3.41. The summed E-state index contributed by atoms with van der Waals surface area (Å²) in [6.07, 6.45) is 0.647. The largest absolute Gasteiger partial charge is 0.457 e. The molecule has 1 amide bonds. The van der Waals surface area contributed by atoms with Gasteiger partial charge in [-0.1, -0.05) is 24.3 Å². The minimum Gasteiger partial charge on any atom is -0.457 e. The summed E-state index contributed by atoms with van der Waals surface area (Å²) < 4.78 is 11.3. The Morgan fingerprint density at radius 1 is 0.964 bits per heavy atom. The number of carbonyl (C=O) groups excluding carboxylic acids is 1. The average molecular weight is 391 g/mol. The molecule has 4 rings (SSSR count). The molecule has 0 spiro atoms. The Bertz CT molecular complexity index is 1030. The number of aromatic nitrogens is 2. The number of hydrogen-bond acceptors (Lipinski definition) is 6. The highest BCUT2D eigenvalue weighted by Crippen LogP contribution is 2.24. The molecule has 0 unspecified atom stereocenters. The van der Waals surface area contributed by atoms with Crippen LogP contribution in [-0.2, 0) is 11.2 Å². The van der Waals surface area contributed by atoms with E-state index in [1.807, 2.05) is 60.0 Å². The smallest absolute Gasteiger partial charge is 0.257 e. The second-order valence-corrected chi connectivity index (χ2v) is 6.91. The van der Waals surface area contributed by atoms with E-state index < -0.39 is 0 Å². The molecular weight excluding hydrogens is 374 g/mol. The molecule has 6 nitrogen and oxygen atoms in total. The molecule has 28 heavy (non-hydrogen) atoms. The lowest BCUT2D eigenvalue weighted by Crippen LogP contribution is -2.12. The molecule has 0 bridgehead atoms. The molecule has 0 saturated carbocycles. The van der Waals surface area contributed by atoms with Crippen LogP contribution in [0.15, 0.2) is 76.5 Å². The van der Waals surface area contributed by atoms with E-state index >= 15 is 0 Å². The maximum absolute atomic E-state index is 12.2. The predicted octanol–water partition coefficient (Wildman–Crippen LogP) is 5.16. The topological polar surface area (TPSA) is 77.2 Å². The van der Waals surface area contributed by atoms with Crippen molar-refractivity contribution in [3.05, 3.63) is 78.0 Å². The quantitative estimate of drug-likeness (QED) is 0.471. The Kier molecular flexibility index (Phi) is 5.44.